The Bertz CT molecular complexity index is 491. The molecule has 23 heavy (non-hydrogen) atoms. The number of likely N-dealkylation sites (tertiary alicyclic amines) is 1. The van der Waals surface area contributed by atoms with E-state index in [0.29, 0.717) is 12.5 Å². The monoisotopic (exact) mass is 315 g/mol. The third kappa shape index (κ3) is 4.55. The van der Waals surface area contributed by atoms with Crippen molar-refractivity contribution >= 4 is 5.91 Å². The minimum atomic E-state index is -0.453. The predicted molar refractivity (Wildman–Crippen MR) is 93.1 cm³/mol. The molecule has 1 saturated heterocycles. The first-order valence-corrected chi connectivity index (χ1v) is 9.06. The molecule has 1 saturated carbocycles. The smallest absolute Gasteiger partial charge is 0.237 e. The van der Waals surface area contributed by atoms with Crippen LogP contribution in [0.3, 0.4) is 0 Å². The molecule has 3 N–H and O–H groups in total. The van der Waals surface area contributed by atoms with E-state index >= 15 is 0 Å². The third-order valence-corrected chi connectivity index (χ3v) is 5.35. The second-order valence-electron chi connectivity index (χ2n) is 7.05. The van der Waals surface area contributed by atoms with Crippen LogP contribution in [0.2, 0.25) is 0 Å². The number of nitrogens with zero attached hydrogens (tertiary/aromatic N) is 1. The normalized spacial score (nSPS) is 22.1. The zero-order chi connectivity index (χ0) is 16.1. The van der Waals surface area contributed by atoms with Gasteiger partial charge < -0.3 is 16.0 Å². The van der Waals surface area contributed by atoms with Gasteiger partial charge in [0.25, 0.3) is 0 Å². The van der Waals surface area contributed by atoms with E-state index in [1.807, 2.05) is 30.3 Å². The fourth-order valence-corrected chi connectivity index (χ4v) is 3.95. The highest BCUT2D eigenvalue weighted by molar-refractivity contribution is 5.82. The summed E-state index contributed by atoms with van der Waals surface area (Å²) in [5.74, 6) is -0.00632. The Kier molecular flexibility index (Phi) is 5.68. The van der Waals surface area contributed by atoms with Crippen LogP contribution in [0.25, 0.3) is 0 Å². The van der Waals surface area contributed by atoms with E-state index in [1.165, 1.54) is 25.7 Å². The Balaban J connectivity index is 1.41. The van der Waals surface area contributed by atoms with Crippen LogP contribution < -0.4 is 11.1 Å². The lowest BCUT2D eigenvalue weighted by atomic mass is 10.0. The molecule has 2 aliphatic rings. The number of nitrogens with two attached hydrogens (primary N) is 1. The van der Waals surface area contributed by atoms with Crippen molar-refractivity contribution in [1.29, 1.82) is 0 Å². The fourth-order valence-electron chi connectivity index (χ4n) is 3.95. The molecule has 4 nitrogen and oxygen atoms in total. The summed E-state index contributed by atoms with van der Waals surface area (Å²) in [5.41, 5.74) is 7.19. The van der Waals surface area contributed by atoms with Crippen molar-refractivity contribution in [3.8, 4) is 0 Å². The zero-order valence-corrected chi connectivity index (χ0v) is 13.9. The molecule has 0 spiro atoms. The molecule has 1 aliphatic heterocycles. The van der Waals surface area contributed by atoms with Gasteiger partial charge in [-0.25, -0.2) is 0 Å². The molecule has 1 aliphatic carbocycles. The lowest BCUT2D eigenvalue weighted by molar-refractivity contribution is -0.123. The van der Waals surface area contributed by atoms with Gasteiger partial charge in [-0.2, -0.15) is 0 Å². The van der Waals surface area contributed by atoms with Gasteiger partial charge in [-0.05, 0) is 37.7 Å². The Labute approximate surface area is 139 Å². The first-order chi connectivity index (χ1) is 11.2. The number of hydrogen-bond acceptors (Lipinski definition) is 3. The lowest BCUT2D eigenvalue weighted by Gasteiger charge is -2.36. The van der Waals surface area contributed by atoms with Gasteiger partial charge >= 0.3 is 0 Å². The molecule has 1 aromatic carbocycles. The Morgan fingerprint density at radius 2 is 1.78 bits per heavy atom. The summed E-state index contributed by atoms with van der Waals surface area (Å²) in [6.07, 6.45) is 8.21. The Hall–Kier alpha value is -1.39. The average molecular weight is 315 g/mol. The quantitative estimate of drug-likeness (QED) is 0.874. The molecule has 2 fully saturated rings. The van der Waals surface area contributed by atoms with E-state index in [1.54, 1.807) is 0 Å². The van der Waals surface area contributed by atoms with Gasteiger partial charge in [-0.15, -0.1) is 0 Å². The highest BCUT2D eigenvalue weighted by Gasteiger charge is 2.28. The van der Waals surface area contributed by atoms with E-state index in [0.717, 1.165) is 37.5 Å². The summed E-state index contributed by atoms with van der Waals surface area (Å²) >= 11 is 0. The van der Waals surface area contributed by atoms with Crippen molar-refractivity contribution in [2.24, 2.45) is 5.73 Å². The largest absolute Gasteiger partial charge is 0.352 e. The Morgan fingerprint density at radius 3 is 2.43 bits per heavy atom. The van der Waals surface area contributed by atoms with E-state index in [-0.39, 0.29) is 5.91 Å². The fraction of sp³-hybridized carbons (Fsp3) is 0.632. The molecule has 4 heteroatoms. The van der Waals surface area contributed by atoms with Gasteiger partial charge in [0.1, 0.15) is 0 Å². The maximum absolute atomic E-state index is 12.3. The van der Waals surface area contributed by atoms with Gasteiger partial charge in [0, 0.05) is 25.2 Å². The van der Waals surface area contributed by atoms with Crippen molar-refractivity contribution in [1.82, 2.24) is 10.2 Å². The molecule has 3 rings (SSSR count). The van der Waals surface area contributed by atoms with Crippen molar-refractivity contribution in [3.63, 3.8) is 0 Å². The lowest BCUT2D eigenvalue weighted by Crippen LogP contribution is -2.51. The summed E-state index contributed by atoms with van der Waals surface area (Å²) in [6.45, 7) is 2.23. The highest BCUT2D eigenvalue weighted by atomic mass is 16.2. The summed E-state index contributed by atoms with van der Waals surface area (Å²) < 4.78 is 0. The van der Waals surface area contributed by atoms with Gasteiger partial charge in [-0.1, -0.05) is 43.2 Å². The van der Waals surface area contributed by atoms with E-state index in [4.69, 9.17) is 5.73 Å². The van der Waals surface area contributed by atoms with Crippen molar-refractivity contribution < 1.29 is 4.79 Å². The number of carbonyl (C=O) groups excluding carboxylic acids is 1. The van der Waals surface area contributed by atoms with Crippen LogP contribution >= 0.6 is 0 Å². The van der Waals surface area contributed by atoms with Crippen LogP contribution in [-0.2, 0) is 11.2 Å². The number of hydrogen-bond donors (Lipinski definition) is 2. The molecular weight excluding hydrogens is 286 g/mol. The number of piperidine rings is 1. The van der Waals surface area contributed by atoms with Crippen molar-refractivity contribution in [2.45, 2.75) is 63.1 Å². The van der Waals surface area contributed by atoms with Gasteiger partial charge in [0.05, 0.1) is 6.04 Å². The third-order valence-electron chi connectivity index (χ3n) is 5.35. The molecule has 0 bridgehead atoms. The van der Waals surface area contributed by atoms with Crippen LogP contribution in [0.4, 0.5) is 0 Å². The number of benzene rings is 1. The molecule has 1 unspecified atom stereocenters. The van der Waals surface area contributed by atoms with Crippen molar-refractivity contribution in [3.05, 3.63) is 35.9 Å². The van der Waals surface area contributed by atoms with Gasteiger partial charge in [-0.3, -0.25) is 4.79 Å². The molecule has 1 heterocycles. The SMILES string of the molecule is NC(Cc1ccccc1)C(=O)NC1CCN(C2CCCC2)CC1. The minimum Gasteiger partial charge on any atom is -0.352 e. The molecular formula is C19H29N3O. The Morgan fingerprint density at radius 1 is 1.13 bits per heavy atom. The number of amides is 1. The van der Waals surface area contributed by atoms with Crippen molar-refractivity contribution in [2.75, 3.05) is 13.1 Å². The standard InChI is InChI=1S/C19H29N3O/c20-18(14-15-6-2-1-3-7-15)19(23)21-16-10-12-22(13-11-16)17-8-4-5-9-17/h1-3,6-7,16-18H,4-5,8-14,20H2,(H,21,23). The zero-order valence-electron chi connectivity index (χ0n) is 13.9. The van der Waals surface area contributed by atoms with Crippen LogP contribution in [0.5, 0.6) is 0 Å². The summed E-state index contributed by atoms with van der Waals surface area (Å²) in [7, 11) is 0. The summed E-state index contributed by atoms with van der Waals surface area (Å²) in [6, 6.07) is 10.6. The van der Waals surface area contributed by atoms with E-state index in [9.17, 15) is 4.79 Å². The van der Waals surface area contributed by atoms with Crippen LogP contribution in [0.1, 0.15) is 44.1 Å². The molecule has 0 radical (unpaired) electrons. The summed E-state index contributed by atoms with van der Waals surface area (Å²) in [4.78, 5) is 14.9. The summed E-state index contributed by atoms with van der Waals surface area (Å²) in [5, 5.41) is 3.16. The van der Waals surface area contributed by atoms with Crippen LogP contribution in [0.15, 0.2) is 30.3 Å². The molecule has 1 aromatic rings. The molecule has 0 aromatic heterocycles. The van der Waals surface area contributed by atoms with Gasteiger partial charge in [0.15, 0.2) is 0 Å². The van der Waals surface area contributed by atoms with Crippen LogP contribution in [-0.4, -0.2) is 42.0 Å². The van der Waals surface area contributed by atoms with Crippen LogP contribution in [0, 0.1) is 0 Å². The van der Waals surface area contributed by atoms with E-state index in [2.05, 4.69) is 10.2 Å². The number of rotatable bonds is 5. The second kappa shape index (κ2) is 7.93. The van der Waals surface area contributed by atoms with Gasteiger partial charge in [0.2, 0.25) is 5.91 Å². The topological polar surface area (TPSA) is 58.4 Å². The maximum Gasteiger partial charge on any atom is 0.237 e. The average Bonchev–Trinajstić information content (AvgIpc) is 3.11. The highest BCUT2D eigenvalue weighted by Crippen LogP contribution is 2.26. The predicted octanol–water partition coefficient (Wildman–Crippen LogP) is 2.08. The molecule has 1 atom stereocenters. The first-order valence-electron chi connectivity index (χ1n) is 9.06. The van der Waals surface area contributed by atoms with E-state index < -0.39 is 6.04 Å². The minimum absolute atomic E-state index is 0.00632. The number of nitrogens with one attached hydrogen (secondary N) is 1. The number of carbonyl (C=O) groups is 1. The maximum atomic E-state index is 12.3. The molecule has 126 valence electrons. The first kappa shape index (κ1) is 16.5. The second-order valence-corrected chi connectivity index (χ2v) is 7.05. The molecule has 1 amide bonds.